The molecule has 9 heteroatoms. The molecule has 1 unspecified atom stereocenters. The van der Waals surface area contributed by atoms with E-state index in [0.29, 0.717) is 42.5 Å². The zero-order valence-corrected chi connectivity index (χ0v) is 24.2. The third kappa shape index (κ3) is 6.20. The Bertz CT molecular complexity index is 1360. The van der Waals surface area contributed by atoms with Crippen molar-refractivity contribution in [1.82, 2.24) is 9.80 Å². The highest BCUT2D eigenvalue weighted by Crippen LogP contribution is 2.40. The number of benzene rings is 3. The van der Waals surface area contributed by atoms with E-state index in [1.807, 2.05) is 47.4 Å². The molecule has 5 rings (SSSR count). The SMILES string of the molecule is COc1ccc(CC2c3cc(OC)c(OC)cc3CCN2C(=O)CN2CCN(c3ccc(F)cc3)CC2)cc1OC. The van der Waals surface area contributed by atoms with Gasteiger partial charge in [0, 0.05) is 38.4 Å². The Kier molecular flexibility index (Phi) is 8.83. The Morgan fingerprint density at radius 1 is 0.780 bits per heavy atom. The van der Waals surface area contributed by atoms with Gasteiger partial charge in [0.15, 0.2) is 23.0 Å². The number of nitrogens with zero attached hydrogens (tertiary/aromatic N) is 3. The van der Waals surface area contributed by atoms with E-state index in [2.05, 4.69) is 9.80 Å². The topological polar surface area (TPSA) is 63.7 Å². The van der Waals surface area contributed by atoms with E-state index in [-0.39, 0.29) is 17.8 Å². The molecule has 2 heterocycles. The second-order valence-electron chi connectivity index (χ2n) is 10.4. The monoisotopic (exact) mass is 563 g/mol. The largest absolute Gasteiger partial charge is 0.493 e. The van der Waals surface area contributed by atoms with Gasteiger partial charge >= 0.3 is 0 Å². The fraction of sp³-hybridized carbons (Fsp3) is 0.406. The molecule has 0 aliphatic carbocycles. The lowest BCUT2D eigenvalue weighted by Gasteiger charge is -2.40. The van der Waals surface area contributed by atoms with Crippen LogP contribution in [0.1, 0.15) is 22.7 Å². The van der Waals surface area contributed by atoms with Gasteiger partial charge < -0.3 is 28.7 Å². The van der Waals surface area contributed by atoms with Crippen molar-refractivity contribution in [2.75, 3.05) is 72.6 Å². The zero-order chi connectivity index (χ0) is 28.9. The van der Waals surface area contributed by atoms with Crippen LogP contribution < -0.4 is 23.8 Å². The van der Waals surface area contributed by atoms with E-state index in [0.717, 1.165) is 55.0 Å². The maximum atomic E-state index is 13.9. The van der Waals surface area contributed by atoms with E-state index in [1.165, 1.54) is 12.1 Å². The van der Waals surface area contributed by atoms with E-state index in [4.69, 9.17) is 18.9 Å². The van der Waals surface area contributed by atoms with Gasteiger partial charge in [0.2, 0.25) is 5.91 Å². The number of hydrogen-bond donors (Lipinski definition) is 0. The molecule has 218 valence electrons. The Morgan fingerprint density at radius 2 is 1.41 bits per heavy atom. The van der Waals surface area contributed by atoms with E-state index in [9.17, 15) is 9.18 Å². The first-order chi connectivity index (χ1) is 19.9. The van der Waals surface area contributed by atoms with Crippen LogP contribution in [0.2, 0.25) is 0 Å². The molecule has 3 aromatic carbocycles. The maximum Gasteiger partial charge on any atom is 0.237 e. The van der Waals surface area contributed by atoms with Crippen LogP contribution in [-0.2, 0) is 17.6 Å². The quantitative estimate of drug-likeness (QED) is 0.384. The summed E-state index contributed by atoms with van der Waals surface area (Å²) in [6.45, 7) is 4.07. The van der Waals surface area contributed by atoms with Crippen LogP contribution in [0.15, 0.2) is 54.6 Å². The molecule has 1 fully saturated rings. The molecular weight excluding hydrogens is 525 g/mol. The van der Waals surface area contributed by atoms with Crippen molar-refractivity contribution in [3.05, 3.63) is 77.1 Å². The van der Waals surface area contributed by atoms with Gasteiger partial charge in [0.1, 0.15) is 5.82 Å². The molecule has 0 N–H and O–H groups in total. The first-order valence-electron chi connectivity index (χ1n) is 13.9. The average Bonchev–Trinajstić information content (AvgIpc) is 3.01. The normalized spacial score (nSPS) is 17.1. The Hall–Kier alpha value is -3.98. The number of piperazine rings is 1. The van der Waals surface area contributed by atoms with Gasteiger partial charge in [0.25, 0.3) is 0 Å². The number of fused-ring (bicyclic) bond motifs is 1. The number of amides is 1. The molecule has 8 nitrogen and oxygen atoms in total. The number of carbonyl (C=O) groups is 1. The summed E-state index contributed by atoms with van der Waals surface area (Å²) >= 11 is 0. The fourth-order valence-electron chi connectivity index (χ4n) is 5.88. The predicted octanol–water partition coefficient (Wildman–Crippen LogP) is 4.35. The van der Waals surface area contributed by atoms with Crippen molar-refractivity contribution < 1.29 is 28.1 Å². The summed E-state index contributed by atoms with van der Waals surface area (Å²) in [4.78, 5) is 20.3. The summed E-state index contributed by atoms with van der Waals surface area (Å²) in [5.41, 5.74) is 4.27. The third-order valence-corrected chi connectivity index (χ3v) is 8.12. The summed E-state index contributed by atoms with van der Waals surface area (Å²) in [5.74, 6) is 2.53. The second-order valence-corrected chi connectivity index (χ2v) is 10.4. The molecular formula is C32H38FN3O5. The zero-order valence-electron chi connectivity index (χ0n) is 24.2. The van der Waals surface area contributed by atoms with Gasteiger partial charge in [-0.1, -0.05) is 6.07 Å². The molecule has 41 heavy (non-hydrogen) atoms. The third-order valence-electron chi connectivity index (χ3n) is 8.12. The summed E-state index contributed by atoms with van der Waals surface area (Å²) in [5, 5.41) is 0. The minimum Gasteiger partial charge on any atom is -0.493 e. The molecule has 1 saturated heterocycles. The Balaban J connectivity index is 1.36. The lowest BCUT2D eigenvalue weighted by atomic mass is 9.88. The number of anilines is 1. The summed E-state index contributed by atoms with van der Waals surface area (Å²) in [7, 11) is 6.51. The first-order valence-corrected chi connectivity index (χ1v) is 13.9. The molecule has 2 aliphatic rings. The predicted molar refractivity (Wildman–Crippen MR) is 156 cm³/mol. The summed E-state index contributed by atoms with van der Waals surface area (Å²) < 4.78 is 35.5. The van der Waals surface area contributed by atoms with Gasteiger partial charge in [-0.3, -0.25) is 9.69 Å². The van der Waals surface area contributed by atoms with Gasteiger partial charge in [-0.15, -0.1) is 0 Å². The number of methoxy groups -OCH3 is 4. The van der Waals surface area contributed by atoms with Crippen molar-refractivity contribution in [1.29, 1.82) is 0 Å². The van der Waals surface area contributed by atoms with Gasteiger partial charge in [0.05, 0.1) is 41.0 Å². The Morgan fingerprint density at radius 3 is 2.07 bits per heavy atom. The maximum absolute atomic E-state index is 13.9. The molecule has 0 saturated carbocycles. The van der Waals surface area contributed by atoms with E-state index >= 15 is 0 Å². The van der Waals surface area contributed by atoms with Gasteiger partial charge in [-0.25, -0.2) is 4.39 Å². The van der Waals surface area contributed by atoms with Gasteiger partial charge in [-0.2, -0.15) is 0 Å². The highest BCUT2D eigenvalue weighted by atomic mass is 19.1. The van der Waals surface area contributed by atoms with Crippen LogP contribution in [0.25, 0.3) is 0 Å². The van der Waals surface area contributed by atoms with Crippen molar-refractivity contribution in [2.24, 2.45) is 0 Å². The molecule has 1 amide bonds. The smallest absolute Gasteiger partial charge is 0.237 e. The van der Waals surface area contributed by atoms with Crippen LogP contribution in [0, 0.1) is 5.82 Å². The average molecular weight is 564 g/mol. The van der Waals surface area contributed by atoms with Crippen LogP contribution in [-0.4, -0.2) is 83.4 Å². The lowest BCUT2D eigenvalue weighted by molar-refractivity contribution is -0.135. The minimum absolute atomic E-state index is 0.103. The minimum atomic E-state index is -0.236. The standard InChI is InChI=1S/C32H38FN3O5/c1-38-28-10-5-22(18-29(28)39-2)17-27-26-20-31(41-4)30(40-3)19-23(26)11-12-36(27)32(37)21-34-13-15-35(16-14-34)25-8-6-24(33)7-9-25/h5-10,18-20,27H,11-17,21H2,1-4H3. The van der Waals surface area contributed by atoms with Crippen molar-refractivity contribution in [2.45, 2.75) is 18.9 Å². The van der Waals surface area contributed by atoms with Crippen LogP contribution in [0.3, 0.4) is 0 Å². The van der Waals surface area contributed by atoms with E-state index in [1.54, 1.807) is 28.4 Å². The Labute approximate surface area is 241 Å². The number of rotatable bonds is 9. The number of hydrogen-bond acceptors (Lipinski definition) is 7. The molecule has 0 bridgehead atoms. The molecule has 2 aliphatic heterocycles. The van der Waals surface area contributed by atoms with Crippen LogP contribution in [0.4, 0.5) is 10.1 Å². The molecule has 3 aromatic rings. The fourth-order valence-corrected chi connectivity index (χ4v) is 5.88. The second kappa shape index (κ2) is 12.7. The summed E-state index contributed by atoms with van der Waals surface area (Å²) in [6, 6.07) is 16.4. The molecule has 1 atom stereocenters. The molecule has 0 radical (unpaired) electrons. The van der Waals surface area contributed by atoms with E-state index < -0.39 is 0 Å². The van der Waals surface area contributed by atoms with Crippen LogP contribution >= 0.6 is 0 Å². The highest BCUT2D eigenvalue weighted by molar-refractivity contribution is 5.79. The van der Waals surface area contributed by atoms with Crippen molar-refractivity contribution in [3.8, 4) is 23.0 Å². The number of ether oxygens (including phenoxy) is 4. The summed E-state index contributed by atoms with van der Waals surface area (Å²) in [6.07, 6.45) is 1.36. The number of halogens is 1. The van der Waals surface area contributed by atoms with Gasteiger partial charge in [-0.05, 0) is 78.1 Å². The number of carbonyl (C=O) groups excluding carboxylic acids is 1. The lowest BCUT2D eigenvalue weighted by Crippen LogP contribution is -2.51. The van der Waals surface area contributed by atoms with Crippen LogP contribution in [0.5, 0.6) is 23.0 Å². The highest BCUT2D eigenvalue weighted by Gasteiger charge is 2.33. The van der Waals surface area contributed by atoms with Crippen molar-refractivity contribution >= 4 is 11.6 Å². The molecule has 0 spiro atoms. The van der Waals surface area contributed by atoms with Crippen molar-refractivity contribution in [3.63, 3.8) is 0 Å². The molecule has 0 aromatic heterocycles. The first kappa shape index (κ1) is 28.5.